The lowest BCUT2D eigenvalue weighted by atomic mass is 9.66. The fourth-order valence-corrected chi connectivity index (χ4v) is 4.64. The average Bonchev–Trinajstić information content (AvgIpc) is 2.45. The van der Waals surface area contributed by atoms with Gasteiger partial charge in [-0.2, -0.15) is 0 Å². The van der Waals surface area contributed by atoms with Crippen LogP contribution in [0.2, 0.25) is 0 Å². The minimum absolute atomic E-state index is 0.163. The molecule has 126 valence electrons. The quantitative estimate of drug-likeness (QED) is 0.748. The smallest absolute Gasteiger partial charge is 0.133 e. The van der Waals surface area contributed by atoms with E-state index in [0.29, 0.717) is 30.5 Å². The van der Waals surface area contributed by atoms with Gasteiger partial charge in [0.05, 0.1) is 0 Å². The highest BCUT2D eigenvalue weighted by Gasteiger charge is 2.46. The Morgan fingerprint density at radius 2 is 2.04 bits per heavy atom. The van der Waals surface area contributed by atoms with E-state index in [1.165, 1.54) is 24.0 Å². The van der Waals surface area contributed by atoms with E-state index in [1.54, 1.807) is 0 Å². The monoisotopic (exact) mass is 314 g/mol. The van der Waals surface area contributed by atoms with Crippen LogP contribution in [0.4, 0.5) is 0 Å². The second kappa shape index (κ2) is 5.65. The first-order valence-electron chi connectivity index (χ1n) is 9.10. The van der Waals surface area contributed by atoms with Crippen LogP contribution >= 0.6 is 0 Å². The van der Waals surface area contributed by atoms with Crippen LogP contribution < -0.4 is 4.74 Å². The summed E-state index contributed by atoms with van der Waals surface area (Å²) in [4.78, 5) is 12.0. The van der Waals surface area contributed by atoms with Crippen LogP contribution in [0.3, 0.4) is 0 Å². The summed E-state index contributed by atoms with van der Waals surface area (Å²) in [7, 11) is 0. The van der Waals surface area contributed by atoms with Gasteiger partial charge in [-0.1, -0.05) is 39.3 Å². The maximum absolute atomic E-state index is 12.0. The van der Waals surface area contributed by atoms with Gasteiger partial charge in [0.1, 0.15) is 17.1 Å². The number of rotatable bonds is 3. The van der Waals surface area contributed by atoms with E-state index >= 15 is 0 Å². The van der Waals surface area contributed by atoms with Gasteiger partial charge < -0.3 is 4.74 Å². The van der Waals surface area contributed by atoms with Crippen molar-refractivity contribution < 1.29 is 9.53 Å². The molecule has 1 aliphatic carbocycles. The molecule has 1 aromatic rings. The third kappa shape index (κ3) is 2.93. The molecule has 2 heteroatoms. The third-order valence-electron chi connectivity index (χ3n) is 6.00. The van der Waals surface area contributed by atoms with E-state index in [4.69, 9.17) is 4.74 Å². The molecule has 2 nitrogen and oxygen atoms in total. The zero-order valence-electron chi connectivity index (χ0n) is 15.2. The van der Waals surface area contributed by atoms with Gasteiger partial charge in [0.25, 0.3) is 0 Å². The number of benzene rings is 1. The Hall–Kier alpha value is -1.31. The molecule has 0 unspecified atom stereocenters. The number of hydrogen-bond donors (Lipinski definition) is 0. The number of carbonyl (C=O) groups excluding carboxylic acids is 1. The van der Waals surface area contributed by atoms with Crippen molar-refractivity contribution in [2.45, 2.75) is 83.7 Å². The number of fused-ring (bicyclic) bond motifs is 3. The van der Waals surface area contributed by atoms with Crippen LogP contribution in [-0.2, 0) is 10.2 Å². The summed E-state index contributed by atoms with van der Waals surface area (Å²) in [5.74, 6) is 2.19. The molecule has 0 bridgehead atoms. The Kier molecular flexibility index (Phi) is 4.06. The molecule has 2 atom stereocenters. The molecule has 0 saturated heterocycles. The molecule has 1 aliphatic heterocycles. The van der Waals surface area contributed by atoms with Crippen molar-refractivity contribution in [3.63, 3.8) is 0 Å². The van der Waals surface area contributed by atoms with E-state index in [2.05, 4.69) is 52.8 Å². The lowest BCUT2D eigenvalue weighted by Crippen LogP contribution is -2.47. The molecule has 0 radical (unpaired) electrons. The summed E-state index contributed by atoms with van der Waals surface area (Å²) in [5.41, 5.74) is 2.57. The van der Waals surface area contributed by atoms with Gasteiger partial charge in [0.2, 0.25) is 0 Å². The van der Waals surface area contributed by atoms with Crippen molar-refractivity contribution in [1.29, 1.82) is 0 Å². The van der Waals surface area contributed by atoms with Gasteiger partial charge in [-0.3, -0.25) is 4.79 Å². The maximum Gasteiger partial charge on any atom is 0.133 e. The molecule has 1 fully saturated rings. The number of carbonyl (C=O) groups is 1. The minimum Gasteiger partial charge on any atom is -0.487 e. The van der Waals surface area contributed by atoms with E-state index in [0.717, 1.165) is 12.2 Å². The minimum atomic E-state index is -0.189. The third-order valence-corrected chi connectivity index (χ3v) is 6.00. The predicted octanol–water partition coefficient (Wildman–Crippen LogP) is 5.39. The van der Waals surface area contributed by atoms with E-state index < -0.39 is 0 Å². The van der Waals surface area contributed by atoms with Crippen LogP contribution in [0.15, 0.2) is 18.2 Å². The van der Waals surface area contributed by atoms with Crippen molar-refractivity contribution in [3.05, 3.63) is 29.3 Å². The predicted molar refractivity (Wildman–Crippen MR) is 94.2 cm³/mol. The number of hydrogen-bond acceptors (Lipinski definition) is 2. The Morgan fingerprint density at radius 3 is 2.74 bits per heavy atom. The summed E-state index contributed by atoms with van der Waals surface area (Å²) in [6, 6.07) is 6.72. The van der Waals surface area contributed by atoms with Crippen LogP contribution in [0.25, 0.3) is 0 Å². The molecule has 2 aliphatic rings. The molecule has 0 spiro atoms. The highest BCUT2D eigenvalue weighted by atomic mass is 16.5. The number of Topliss-reactive ketones (excluding diaryl/α,β-unsaturated/α-hetero) is 1. The summed E-state index contributed by atoms with van der Waals surface area (Å²) in [6.07, 6.45) is 4.70. The zero-order chi connectivity index (χ0) is 16.8. The lowest BCUT2D eigenvalue weighted by Gasteiger charge is -2.47. The number of ether oxygens (including phenoxy) is 1. The first-order chi connectivity index (χ1) is 10.7. The van der Waals surface area contributed by atoms with Crippen LogP contribution in [-0.4, -0.2) is 11.4 Å². The van der Waals surface area contributed by atoms with Crippen molar-refractivity contribution in [2.24, 2.45) is 5.92 Å². The first-order valence-corrected chi connectivity index (χ1v) is 9.10. The Labute approximate surface area is 140 Å². The van der Waals surface area contributed by atoms with Gasteiger partial charge in [0, 0.05) is 24.7 Å². The van der Waals surface area contributed by atoms with Crippen molar-refractivity contribution in [1.82, 2.24) is 0 Å². The van der Waals surface area contributed by atoms with Crippen LogP contribution in [0.1, 0.15) is 83.8 Å². The van der Waals surface area contributed by atoms with Gasteiger partial charge >= 0.3 is 0 Å². The van der Waals surface area contributed by atoms with Crippen molar-refractivity contribution in [2.75, 3.05) is 0 Å². The van der Waals surface area contributed by atoms with Gasteiger partial charge in [-0.05, 0) is 49.3 Å². The molecule has 3 rings (SSSR count). The standard InChI is InChI=1S/C21H30O2/c1-6-11-20(2,3)14-7-9-16-17-13-15(22)8-10-18(17)21(4,5)23-19(16)12-14/h7,9,12,17-18H,6,8,10-11,13H2,1-5H3/t17-,18+/m0/s1. The molecule has 0 amide bonds. The molecule has 0 N–H and O–H groups in total. The lowest BCUT2D eigenvalue weighted by molar-refractivity contribution is -0.124. The zero-order valence-corrected chi connectivity index (χ0v) is 15.2. The Morgan fingerprint density at radius 1 is 1.30 bits per heavy atom. The molecule has 1 saturated carbocycles. The Balaban J connectivity index is 2.01. The molecular formula is C21H30O2. The molecule has 23 heavy (non-hydrogen) atoms. The SMILES string of the molecule is CCCC(C)(C)c1ccc2c(c1)OC(C)(C)[C@@H]1CCC(=O)C[C@@H]21. The summed E-state index contributed by atoms with van der Waals surface area (Å²) in [6.45, 7) is 11.2. The maximum atomic E-state index is 12.0. The number of ketones is 1. The molecular weight excluding hydrogens is 284 g/mol. The average molecular weight is 314 g/mol. The van der Waals surface area contributed by atoms with Crippen LogP contribution in [0.5, 0.6) is 5.75 Å². The normalized spacial score (nSPS) is 26.2. The van der Waals surface area contributed by atoms with Crippen LogP contribution in [0, 0.1) is 5.92 Å². The highest BCUT2D eigenvalue weighted by molar-refractivity contribution is 5.80. The van der Waals surface area contributed by atoms with Gasteiger partial charge in [-0.15, -0.1) is 0 Å². The van der Waals surface area contributed by atoms with Gasteiger partial charge in [0.15, 0.2) is 0 Å². The topological polar surface area (TPSA) is 26.3 Å². The van der Waals surface area contributed by atoms with Crippen molar-refractivity contribution >= 4 is 5.78 Å². The molecule has 1 aromatic carbocycles. The van der Waals surface area contributed by atoms with E-state index in [1.807, 2.05) is 0 Å². The molecule has 0 aromatic heterocycles. The fraction of sp³-hybridized carbons (Fsp3) is 0.667. The van der Waals surface area contributed by atoms with Crippen molar-refractivity contribution in [3.8, 4) is 5.75 Å². The molecule has 1 heterocycles. The highest BCUT2D eigenvalue weighted by Crippen LogP contribution is 2.51. The fourth-order valence-electron chi connectivity index (χ4n) is 4.64. The Bertz CT molecular complexity index is 612. The summed E-state index contributed by atoms with van der Waals surface area (Å²) < 4.78 is 6.43. The largest absolute Gasteiger partial charge is 0.487 e. The van der Waals surface area contributed by atoms with E-state index in [-0.39, 0.29) is 11.0 Å². The first kappa shape index (κ1) is 16.5. The second-order valence-corrected chi connectivity index (χ2v) is 8.59. The second-order valence-electron chi connectivity index (χ2n) is 8.59. The summed E-state index contributed by atoms with van der Waals surface area (Å²) >= 11 is 0. The summed E-state index contributed by atoms with van der Waals surface area (Å²) in [5, 5.41) is 0. The van der Waals surface area contributed by atoms with E-state index in [9.17, 15) is 4.79 Å². The van der Waals surface area contributed by atoms with Gasteiger partial charge in [-0.25, -0.2) is 0 Å².